The number of hydrogen-bond donors (Lipinski definition) is 1. The van der Waals surface area contributed by atoms with Gasteiger partial charge >= 0.3 is 0 Å². The van der Waals surface area contributed by atoms with Gasteiger partial charge in [0.25, 0.3) is 0 Å². The summed E-state index contributed by atoms with van der Waals surface area (Å²) >= 11 is 0. The van der Waals surface area contributed by atoms with Gasteiger partial charge < -0.3 is 10.1 Å². The third-order valence-corrected chi connectivity index (χ3v) is 2.72. The van der Waals surface area contributed by atoms with Crippen LogP contribution < -0.4 is 5.32 Å². The first kappa shape index (κ1) is 14.9. The van der Waals surface area contributed by atoms with Gasteiger partial charge in [-0.25, -0.2) is 0 Å². The molecule has 0 spiro atoms. The van der Waals surface area contributed by atoms with Crippen molar-refractivity contribution in [2.75, 3.05) is 20.2 Å². The van der Waals surface area contributed by atoms with Crippen molar-refractivity contribution in [3.63, 3.8) is 0 Å². The van der Waals surface area contributed by atoms with Gasteiger partial charge in [0.05, 0.1) is 6.10 Å². The van der Waals surface area contributed by atoms with Crippen LogP contribution in [0.15, 0.2) is 0 Å². The molecule has 1 unspecified atom stereocenters. The van der Waals surface area contributed by atoms with Crippen LogP contribution in [0.3, 0.4) is 0 Å². The maximum Gasteiger partial charge on any atom is 0.0667 e. The Morgan fingerprint density at radius 2 is 1.67 bits per heavy atom. The summed E-state index contributed by atoms with van der Waals surface area (Å²) in [6, 6.07) is 0. The monoisotopic (exact) mass is 215 g/mol. The van der Waals surface area contributed by atoms with Crippen molar-refractivity contribution < 1.29 is 4.74 Å². The molecule has 1 N–H and O–H groups in total. The van der Waals surface area contributed by atoms with E-state index in [9.17, 15) is 0 Å². The maximum absolute atomic E-state index is 5.16. The average molecular weight is 215 g/mol. The molecule has 0 radical (unpaired) electrons. The second-order valence-electron chi connectivity index (χ2n) is 4.85. The first-order valence-electron chi connectivity index (χ1n) is 6.40. The Morgan fingerprint density at radius 3 is 2.27 bits per heavy atom. The van der Waals surface area contributed by atoms with E-state index in [4.69, 9.17) is 4.74 Å². The predicted octanol–water partition coefficient (Wildman–Crippen LogP) is 3.22. The minimum Gasteiger partial charge on any atom is -0.380 e. The van der Waals surface area contributed by atoms with Crippen LogP contribution in [-0.4, -0.2) is 26.3 Å². The molecule has 0 bridgehead atoms. The quantitative estimate of drug-likeness (QED) is 0.565. The maximum atomic E-state index is 5.16. The van der Waals surface area contributed by atoms with Crippen molar-refractivity contribution in [1.29, 1.82) is 0 Å². The van der Waals surface area contributed by atoms with Gasteiger partial charge in [0.1, 0.15) is 0 Å². The highest BCUT2D eigenvalue weighted by atomic mass is 16.5. The van der Waals surface area contributed by atoms with Gasteiger partial charge in [-0.15, -0.1) is 0 Å². The number of hydrogen-bond acceptors (Lipinski definition) is 2. The van der Waals surface area contributed by atoms with Crippen LogP contribution in [0.4, 0.5) is 0 Å². The molecule has 0 aromatic carbocycles. The molecule has 0 aliphatic rings. The summed E-state index contributed by atoms with van der Waals surface area (Å²) in [4.78, 5) is 0. The topological polar surface area (TPSA) is 21.3 Å². The van der Waals surface area contributed by atoms with Crippen LogP contribution >= 0.6 is 0 Å². The Balaban J connectivity index is 2.99. The lowest BCUT2D eigenvalue weighted by Gasteiger charge is -2.10. The highest BCUT2D eigenvalue weighted by Gasteiger charge is 1.97. The van der Waals surface area contributed by atoms with Gasteiger partial charge in [0.2, 0.25) is 0 Å². The standard InChI is InChI=1S/C13H29NO/c1-12(2)9-7-5-6-8-10-14-11-13(3)15-4/h12-14H,5-11H2,1-4H3. The highest BCUT2D eigenvalue weighted by molar-refractivity contribution is 4.55. The highest BCUT2D eigenvalue weighted by Crippen LogP contribution is 2.08. The van der Waals surface area contributed by atoms with Gasteiger partial charge in [-0.3, -0.25) is 0 Å². The summed E-state index contributed by atoms with van der Waals surface area (Å²) in [6.45, 7) is 8.80. The van der Waals surface area contributed by atoms with Crippen LogP contribution in [0.5, 0.6) is 0 Å². The van der Waals surface area contributed by atoms with E-state index in [1.807, 2.05) is 0 Å². The average Bonchev–Trinajstić information content (AvgIpc) is 2.21. The molecule has 0 rings (SSSR count). The molecule has 0 amide bonds. The van der Waals surface area contributed by atoms with Crippen molar-refractivity contribution >= 4 is 0 Å². The van der Waals surface area contributed by atoms with Crippen LogP contribution in [-0.2, 0) is 4.74 Å². The van der Waals surface area contributed by atoms with Crippen LogP contribution in [0.25, 0.3) is 0 Å². The van der Waals surface area contributed by atoms with Gasteiger partial charge in [0.15, 0.2) is 0 Å². The molecule has 92 valence electrons. The zero-order valence-electron chi connectivity index (χ0n) is 11.0. The zero-order valence-corrected chi connectivity index (χ0v) is 11.0. The molecule has 1 atom stereocenters. The van der Waals surface area contributed by atoms with Crippen LogP contribution in [0.2, 0.25) is 0 Å². The molecular formula is C13H29NO. The van der Waals surface area contributed by atoms with E-state index < -0.39 is 0 Å². The summed E-state index contributed by atoms with van der Waals surface area (Å²) in [5.74, 6) is 0.866. The molecule has 0 saturated carbocycles. The zero-order chi connectivity index (χ0) is 11.5. The van der Waals surface area contributed by atoms with Crippen molar-refractivity contribution in [1.82, 2.24) is 5.32 Å². The number of methoxy groups -OCH3 is 1. The molecule has 0 aromatic heterocycles. The predicted molar refractivity (Wildman–Crippen MR) is 67.3 cm³/mol. The first-order chi connectivity index (χ1) is 7.16. The van der Waals surface area contributed by atoms with E-state index in [1.165, 1.54) is 32.1 Å². The molecule has 2 heteroatoms. The number of unbranched alkanes of at least 4 members (excludes halogenated alkanes) is 3. The van der Waals surface area contributed by atoms with Crippen molar-refractivity contribution in [3.05, 3.63) is 0 Å². The Labute approximate surface area is 95.8 Å². The van der Waals surface area contributed by atoms with E-state index >= 15 is 0 Å². The lowest BCUT2D eigenvalue weighted by molar-refractivity contribution is 0.117. The molecule has 0 saturated heterocycles. The largest absolute Gasteiger partial charge is 0.380 e. The van der Waals surface area contributed by atoms with Crippen LogP contribution in [0, 0.1) is 5.92 Å². The van der Waals surface area contributed by atoms with Gasteiger partial charge in [0, 0.05) is 13.7 Å². The van der Waals surface area contributed by atoms with E-state index in [1.54, 1.807) is 7.11 Å². The third kappa shape index (κ3) is 11.8. The molecule has 0 heterocycles. The van der Waals surface area contributed by atoms with Gasteiger partial charge in [-0.1, -0.05) is 39.5 Å². The molecule has 0 aromatic rings. The third-order valence-electron chi connectivity index (χ3n) is 2.72. The first-order valence-corrected chi connectivity index (χ1v) is 6.40. The van der Waals surface area contributed by atoms with Crippen molar-refractivity contribution in [2.24, 2.45) is 5.92 Å². The molecular weight excluding hydrogens is 186 g/mol. The van der Waals surface area contributed by atoms with E-state index in [2.05, 4.69) is 26.1 Å². The second-order valence-corrected chi connectivity index (χ2v) is 4.85. The summed E-state index contributed by atoms with van der Waals surface area (Å²) in [5.41, 5.74) is 0. The SMILES string of the molecule is COC(C)CNCCCCCCC(C)C. The van der Waals surface area contributed by atoms with E-state index in [0.717, 1.165) is 19.0 Å². The fourth-order valence-electron chi connectivity index (χ4n) is 1.54. The Bertz CT molecular complexity index is 126. The summed E-state index contributed by atoms with van der Waals surface area (Å²) in [5, 5.41) is 3.41. The van der Waals surface area contributed by atoms with E-state index in [-0.39, 0.29) is 0 Å². The summed E-state index contributed by atoms with van der Waals surface area (Å²) < 4.78 is 5.16. The number of ether oxygens (including phenoxy) is 1. The fraction of sp³-hybridized carbons (Fsp3) is 1.00. The summed E-state index contributed by atoms with van der Waals surface area (Å²) in [7, 11) is 1.76. The Morgan fingerprint density at radius 1 is 1.00 bits per heavy atom. The molecule has 2 nitrogen and oxygen atoms in total. The van der Waals surface area contributed by atoms with Gasteiger partial charge in [-0.05, 0) is 25.8 Å². The molecule has 0 aliphatic carbocycles. The number of rotatable bonds is 10. The van der Waals surface area contributed by atoms with Gasteiger partial charge in [-0.2, -0.15) is 0 Å². The second kappa shape index (κ2) is 10.4. The molecule has 0 aliphatic heterocycles. The lowest BCUT2D eigenvalue weighted by atomic mass is 10.0. The van der Waals surface area contributed by atoms with E-state index in [0.29, 0.717) is 6.10 Å². The molecule has 0 fully saturated rings. The minimum absolute atomic E-state index is 0.339. The number of nitrogens with one attached hydrogen (secondary N) is 1. The van der Waals surface area contributed by atoms with Crippen LogP contribution in [0.1, 0.15) is 52.9 Å². The minimum atomic E-state index is 0.339. The lowest BCUT2D eigenvalue weighted by Crippen LogP contribution is -2.26. The summed E-state index contributed by atoms with van der Waals surface area (Å²) in [6.07, 6.45) is 7.17. The van der Waals surface area contributed by atoms with Crippen molar-refractivity contribution in [3.8, 4) is 0 Å². The fourth-order valence-corrected chi connectivity index (χ4v) is 1.54. The van der Waals surface area contributed by atoms with Crippen molar-refractivity contribution in [2.45, 2.75) is 59.0 Å². The smallest absolute Gasteiger partial charge is 0.0667 e. The Kier molecular flexibility index (Phi) is 10.4. The Hall–Kier alpha value is -0.0800. The molecule has 15 heavy (non-hydrogen) atoms. The normalized spacial score (nSPS) is 13.4.